The smallest absolute Gasteiger partial charge is 0.223 e. The van der Waals surface area contributed by atoms with E-state index < -0.39 is 11.9 Å². The first-order chi connectivity index (χ1) is 9.19. The number of ether oxygens (including phenoxy) is 2. The molecule has 1 N–H and O–H groups in total. The van der Waals surface area contributed by atoms with Crippen LogP contribution < -0.4 is 0 Å². The van der Waals surface area contributed by atoms with Crippen LogP contribution in [-0.4, -0.2) is 52.6 Å². The molecule has 1 spiro atoms. The highest BCUT2D eigenvalue weighted by molar-refractivity contribution is 5.78. The summed E-state index contributed by atoms with van der Waals surface area (Å²) in [6.45, 7) is 0.590. The molecule has 1 amide bonds. The minimum atomic E-state index is -0.463. The number of aliphatic hydroxyl groups is 1. The maximum Gasteiger partial charge on any atom is 0.223 e. The van der Waals surface area contributed by atoms with Crippen molar-refractivity contribution in [2.24, 2.45) is 0 Å². The largest absolute Gasteiger partial charge is 0.391 e. The second-order valence-electron chi connectivity index (χ2n) is 6.35. The van der Waals surface area contributed by atoms with E-state index in [1.54, 1.807) is 4.90 Å². The number of carbonyl (C=O) groups excluding carboxylic acids is 1. The van der Waals surface area contributed by atoms with E-state index >= 15 is 0 Å². The van der Waals surface area contributed by atoms with Crippen molar-refractivity contribution in [1.82, 2.24) is 4.90 Å². The number of aliphatic hydroxyl groups excluding tert-OH is 1. The van der Waals surface area contributed by atoms with Gasteiger partial charge >= 0.3 is 0 Å². The lowest BCUT2D eigenvalue weighted by atomic mass is 9.94. The molecule has 19 heavy (non-hydrogen) atoms. The quantitative estimate of drug-likeness (QED) is 0.705. The summed E-state index contributed by atoms with van der Waals surface area (Å²) in [5.41, 5.74) is 0. The molecule has 4 fully saturated rings. The Labute approximate surface area is 112 Å². The van der Waals surface area contributed by atoms with Gasteiger partial charge in [-0.05, 0) is 19.3 Å². The second-order valence-corrected chi connectivity index (χ2v) is 6.35. The zero-order valence-corrected chi connectivity index (χ0v) is 11.1. The Kier molecular flexibility index (Phi) is 2.66. The van der Waals surface area contributed by atoms with Gasteiger partial charge in [-0.3, -0.25) is 4.79 Å². The number of amides is 1. The lowest BCUT2D eigenvalue weighted by molar-refractivity contribution is -0.211. The SMILES string of the molecule is O=C1CC[C@@H](O)C2C3OC4(CCCCC4)OC3CN12. The number of piperidine rings is 1. The highest BCUT2D eigenvalue weighted by atomic mass is 16.8. The third-order valence-electron chi connectivity index (χ3n) is 5.14. The summed E-state index contributed by atoms with van der Waals surface area (Å²) >= 11 is 0. The lowest BCUT2D eigenvalue weighted by Crippen LogP contribution is -2.53. The standard InChI is InChI=1S/C14H21NO4/c16-9-4-5-11(17)15-8-10-13(12(9)15)19-14(18-10)6-2-1-3-7-14/h9-10,12-13,16H,1-8H2/t9-,10?,12?,13?/m1/s1. The molecule has 5 heteroatoms. The average Bonchev–Trinajstić information content (AvgIpc) is 2.90. The van der Waals surface area contributed by atoms with Crippen LogP contribution in [0.2, 0.25) is 0 Å². The first-order valence-electron chi connectivity index (χ1n) is 7.52. The number of hydrogen-bond donors (Lipinski definition) is 1. The molecule has 0 radical (unpaired) electrons. The van der Waals surface area contributed by atoms with Gasteiger partial charge in [0, 0.05) is 19.3 Å². The fourth-order valence-electron chi connectivity index (χ4n) is 4.22. The zero-order chi connectivity index (χ0) is 13.0. The van der Waals surface area contributed by atoms with Gasteiger partial charge in [0.05, 0.1) is 18.7 Å². The van der Waals surface area contributed by atoms with Gasteiger partial charge < -0.3 is 19.5 Å². The summed E-state index contributed by atoms with van der Waals surface area (Å²) in [6.07, 6.45) is 5.83. The van der Waals surface area contributed by atoms with Crippen molar-refractivity contribution >= 4 is 5.91 Å². The van der Waals surface area contributed by atoms with Gasteiger partial charge in [-0.25, -0.2) is 0 Å². The summed E-state index contributed by atoms with van der Waals surface area (Å²) in [6, 6.07) is -0.187. The molecule has 3 saturated heterocycles. The van der Waals surface area contributed by atoms with Crippen molar-refractivity contribution in [2.45, 2.75) is 75.1 Å². The summed E-state index contributed by atoms with van der Waals surface area (Å²) in [5, 5.41) is 10.2. The highest BCUT2D eigenvalue weighted by Crippen LogP contribution is 2.46. The van der Waals surface area contributed by atoms with Crippen LogP contribution in [0.15, 0.2) is 0 Å². The molecular formula is C14H21NO4. The molecule has 3 aliphatic heterocycles. The van der Waals surface area contributed by atoms with Crippen molar-refractivity contribution in [3.8, 4) is 0 Å². The predicted molar refractivity (Wildman–Crippen MR) is 66.3 cm³/mol. The molecule has 0 aromatic carbocycles. The van der Waals surface area contributed by atoms with Crippen LogP contribution in [0.3, 0.4) is 0 Å². The van der Waals surface area contributed by atoms with E-state index in [4.69, 9.17) is 9.47 Å². The number of nitrogens with zero attached hydrogens (tertiary/aromatic N) is 1. The predicted octanol–water partition coefficient (Wildman–Crippen LogP) is 0.796. The second kappa shape index (κ2) is 4.17. The van der Waals surface area contributed by atoms with Crippen LogP contribution in [0.4, 0.5) is 0 Å². The Morgan fingerprint density at radius 3 is 2.79 bits per heavy atom. The van der Waals surface area contributed by atoms with Gasteiger partial charge in [-0.15, -0.1) is 0 Å². The molecule has 0 bridgehead atoms. The van der Waals surface area contributed by atoms with E-state index in [9.17, 15) is 9.90 Å². The molecule has 0 aromatic rings. The summed E-state index contributed by atoms with van der Waals surface area (Å²) < 4.78 is 12.4. The first kappa shape index (κ1) is 12.1. The number of rotatable bonds is 0. The third-order valence-corrected chi connectivity index (χ3v) is 5.14. The minimum Gasteiger partial charge on any atom is -0.391 e. The number of fused-ring (bicyclic) bond motifs is 3. The summed E-state index contributed by atoms with van der Waals surface area (Å²) in [7, 11) is 0. The van der Waals surface area contributed by atoms with E-state index in [1.807, 2.05) is 0 Å². The summed E-state index contributed by atoms with van der Waals surface area (Å²) in [5.74, 6) is -0.283. The molecule has 5 nitrogen and oxygen atoms in total. The van der Waals surface area contributed by atoms with Crippen molar-refractivity contribution < 1.29 is 19.4 Å². The Bertz CT molecular complexity index is 393. The lowest BCUT2D eigenvalue weighted by Gasteiger charge is -2.39. The number of carbonyl (C=O) groups is 1. The van der Waals surface area contributed by atoms with E-state index in [2.05, 4.69) is 0 Å². The van der Waals surface area contributed by atoms with Crippen LogP contribution >= 0.6 is 0 Å². The normalized spacial score (nSPS) is 44.5. The van der Waals surface area contributed by atoms with Crippen molar-refractivity contribution in [2.75, 3.05) is 6.54 Å². The van der Waals surface area contributed by atoms with Crippen molar-refractivity contribution in [3.05, 3.63) is 0 Å². The Balaban J connectivity index is 1.56. The monoisotopic (exact) mass is 267 g/mol. The Morgan fingerprint density at radius 2 is 2.00 bits per heavy atom. The maximum absolute atomic E-state index is 11.9. The molecule has 0 aromatic heterocycles. The van der Waals surface area contributed by atoms with Crippen LogP contribution in [0, 0.1) is 0 Å². The minimum absolute atomic E-state index is 0.0419. The summed E-state index contributed by atoms with van der Waals surface area (Å²) in [4.78, 5) is 13.7. The Morgan fingerprint density at radius 1 is 1.21 bits per heavy atom. The molecule has 1 saturated carbocycles. The Hall–Kier alpha value is -0.650. The first-order valence-corrected chi connectivity index (χ1v) is 7.52. The van der Waals surface area contributed by atoms with E-state index in [0.717, 1.165) is 25.7 Å². The van der Waals surface area contributed by atoms with Crippen molar-refractivity contribution in [3.63, 3.8) is 0 Å². The molecule has 3 unspecified atom stereocenters. The average molecular weight is 267 g/mol. The van der Waals surface area contributed by atoms with Crippen LogP contribution in [0.1, 0.15) is 44.9 Å². The van der Waals surface area contributed by atoms with Gasteiger partial charge in [0.1, 0.15) is 12.2 Å². The number of hydrogen-bond acceptors (Lipinski definition) is 4. The molecule has 4 atom stereocenters. The van der Waals surface area contributed by atoms with E-state index in [-0.39, 0.29) is 24.2 Å². The van der Waals surface area contributed by atoms with E-state index in [0.29, 0.717) is 19.4 Å². The van der Waals surface area contributed by atoms with Crippen LogP contribution in [-0.2, 0) is 14.3 Å². The van der Waals surface area contributed by atoms with Crippen LogP contribution in [0.25, 0.3) is 0 Å². The van der Waals surface area contributed by atoms with Gasteiger partial charge in [-0.1, -0.05) is 6.42 Å². The molecular weight excluding hydrogens is 246 g/mol. The maximum atomic E-state index is 11.9. The molecule has 4 aliphatic rings. The molecule has 3 heterocycles. The van der Waals surface area contributed by atoms with Gasteiger partial charge in [0.15, 0.2) is 5.79 Å². The zero-order valence-electron chi connectivity index (χ0n) is 11.1. The molecule has 4 rings (SSSR count). The van der Waals surface area contributed by atoms with Crippen molar-refractivity contribution in [1.29, 1.82) is 0 Å². The van der Waals surface area contributed by atoms with Gasteiger partial charge in [0.2, 0.25) is 5.91 Å². The van der Waals surface area contributed by atoms with Gasteiger partial charge in [0.25, 0.3) is 0 Å². The van der Waals surface area contributed by atoms with Gasteiger partial charge in [-0.2, -0.15) is 0 Å². The fourth-order valence-corrected chi connectivity index (χ4v) is 4.22. The van der Waals surface area contributed by atoms with Crippen LogP contribution in [0.5, 0.6) is 0 Å². The third kappa shape index (κ3) is 1.75. The molecule has 106 valence electrons. The highest BCUT2D eigenvalue weighted by Gasteiger charge is 2.59. The topological polar surface area (TPSA) is 59.0 Å². The van der Waals surface area contributed by atoms with E-state index in [1.165, 1.54) is 6.42 Å². The molecule has 1 aliphatic carbocycles. The fraction of sp³-hybridized carbons (Fsp3) is 0.929.